The van der Waals surface area contributed by atoms with Crippen LogP contribution in [0.4, 0.5) is 0 Å². The number of unbranched alkanes of at least 4 members (excludes halogenated alkanes) is 79. The van der Waals surface area contributed by atoms with Gasteiger partial charge in [0.1, 0.15) is 38.0 Å². The zero-order valence-corrected chi connectivity index (χ0v) is 98.0. The van der Waals surface area contributed by atoms with Crippen LogP contribution >= 0.6 is 0 Å². The Morgan fingerprint density at radius 3 is 0.701 bits per heavy atom. The van der Waals surface area contributed by atoms with Gasteiger partial charge in [-0.25, -0.2) is 28.1 Å². The fraction of sp³-hybridized carbons (Fsp3) is 0.950. The van der Waals surface area contributed by atoms with Crippen molar-refractivity contribution in [3.8, 4) is 0 Å². The number of aryl methyl sites for hydroxylation is 1. The molecular formula is C120H240N24. The van der Waals surface area contributed by atoms with Gasteiger partial charge in [-0.2, -0.15) is 0 Å². The van der Waals surface area contributed by atoms with Crippen molar-refractivity contribution in [3.63, 3.8) is 0 Å². The van der Waals surface area contributed by atoms with Crippen LogP contribution in [0.25, 0.3) is 0 Å². The SMILES string of the molecule is CCCCCCCCCCCCCCCCC(C)(C)n1cnnn1.CCCCCCCCCCCCCCCCC(C)(CC)n1cnnn1.CCCCCCCCCCCCCCCCC(C)n1cnnn1.CCCCCCCCCCCCCCCCC(CC)(CC)n1cnnn1.CCCCCCCCCCCCCCCCC(CC)n1cnnn1.CCCCCCCCCCCCCCCCCn1cnnn1. The summed E-state index contributed by atoms with van der Waals surface area (Å²) in [4.78, 5) is 0. The van der Waals surface area contributed by atoms with Crippen LogP contribution in [0.5, 0.6) is 0 Å². The van der Waals surface area contributed by atoms with Crippen LogP contribution in [0.1, 0.15) is 713 Å². The van der Waals surface area contributed by atoms with Crippen molar-refractivity contribution in [3.05, 3.63) is 38.0 Å². The summed E-state index contributed by atoms with van der Waals surface area (Å²) in [6.45, 7) is 32.5. The van der Waals surface area contributed by atoms with Crippen LogP contribution in [-0.2, 0) is 23.2 Å². The molecule has 840 valence electrons. The molecule has 24 nitrogen and oxygen atoms in total. The van der Waals surface area contributed by atoms with Gasteiger partial charge in [0.15, 0.2) is 0 Å². The Bertz CT molecular complexity index is 3270. The molecule has 0 amide bonds. The molecule has 0 saturated heterocycles. The molecule has 0 aliphatic carbocycles. The van der Waals surface area contributed by atoms with Gasteiger partial charge in [0.05, 0.1) is 28.7 Å². The van der Waals surface area contributed by atoms with E-state index in [1.54, 1.807) is 38.0 Å². The first-order valence-electron chi connectivity index (χ1n) is 63.2. The van der Waals surface area contributed by atoms with Crippen LogP contribution in [0.3, 0.4) is 0 Å². The minimum absolute atomic E-state index is 0.0423. The topological polar surface area (TPSA) is 262 Å². The van der Waals surface area contributed by atoms with Gasteiger partial charge in [-0.15, -0.1) is 30.6 Å². The molecule has 24 heteroatoms. The summed E-state index contributed by atoms with van der Waals surface area (Å²) in [5.74, 6) is 0. The molecule has 6 aromatic rings. The molecule has 6 rings (SSSR count). The maximum Gasteiger partial charge on any atom is 0.138 e. The third-order valence-corrected chi connectivity index (χ3v) is 31.3. The third kappa shape index (κ3) is 83.2. The average Bonchev–Trinajstić information content (AvgIpc) is 1.64. The highest BCUT2D eigenvalue weighted by Crippen LogP contribution is 2.33. The fourth-order valence-electron chi connectivity index (χ4n) is 20.4. The highest BCUT2D eigenvalue weighted by Gasteiger charge is 2.30. The highest BCUT2D eigenvalue weighted by atomic mass is 15.6. The lowest BCUT2D eigenvalue weighted by molar-refractivity contribution is 0.203. The zero-order valence-electron chi connectivity index (χ0n) is 98.0. The molecule has 3 atom stereocenters. The smallest absolute Gasteiger partial charge is 0.138 e. The van der Waals surface area contributed by atoms with Crippen molar-refractivity contribution in [2.45, 2.75) is 736 Å². The normalized spacial score (nSPS) is 12.4. The van der Waals surface area contributed by atoms with E-state index in [1.165, 1.54) is 571 Å². The molecule has 6 heterocycles. The number of hydrogen-bond donors (Lipinski definition) is 0. The molecule has 0 aliphatic rings. The summed E-state index contributed by atoms with van der Waals surface area (Å²) in [7, 11) is 0. The minimum Gasteiger partial charge on any atom is -0.233 e. The number of tetrazole rings is 6. The zero-order chi connectivity index (χ0) is 104. The average molecular weight is 2020 g/mol. The first-order chi connectivity index (χ1) is 70.8. The maximum atomic E-state index is 4.17. The van der Waals surface area contributed by atoms with E-state index in [2.05, 4.69) is 190 Å². The van der Waals surface area contributed by atoms with Gasteiger partial charge in [0.25, 0.3) is 0 Å². The van der Waals surface area contributed by atoms with Crippen molar-refractivity contribution in [1.29, 1.82) is 0 Å². The molecule has 144 heavy (non-hydrogen) atoms. The van der Waals surface area contributed by atoms with Crippen molar-refractivity contribution in [2.75, 3.05) is 0 Å². The summed E-state index contributed by atoms with van der Waals surface area (Å²) < 4.78 is 11.4. The van der Waals surface area contributed by atoms with Gasteiger partial charge >= 0.3 is 0 Å². The van der Waals surface area contributed by atoms with Gasteiger partial charge in [0, 0.05) is 6.54 Å². The first kappa shape index (κ1) is 136. The van der Waals surface area contributed by atoms with Gasteiger partial charge in [0.2, 0.25) is 0 Å². The number of nitrogens with zero attached hydrogens (tertiary/aromatic N) is 24. The monoisotopic (exact) mass is 2020 g/mol. The lowest BCUT2D eigenvalue weighted by atomic mass is 9.87. The number of rotatable bonds is 100. The standard InChI is InChI=1S/C22H44N4.C21H42N4.2C20H40N4.C19H38N4.C18H36N4/c1-4-7-8-9-10-11-12-13-14-15-16-17-18-19-20-22(5-2,6-3)26-21-23-24-25-26;1-4-6-7-8-9-10-11-12-13-14-15-16-17-18-19-21(3,5-2)25-20-22-23-24-25;1-4-5-6-7-8-9-10-11-12-13-14-15-16-17-18-20(2,3)24-19-21-22-23-24;1-3-5-6-7-8-9-10-11-12-13-14-15-16-17-18-20(4-2)24-19-21-22-23-24;1-3-4-5-6-7-8-9-10-11-12-13-14-15-16-17-19(2)23-18-20-21-22-23;1-2-3-4-5-6-7-8-9-10-11-12-13-14-15-16-17-22-18-19-20-21-22/h21H,4-20H2,1-3H3;20H,4-19H2,1-3H3;19H,4-18H2,1-3H3;19-20H,3-18H2,1-2H3;18-19H,3-17H2,1-2H3;18H,2-17H2,1H3. The molecule has 0 spiro atoms. The maximum absolute atomic E-state index is 4.17. The van der Waals surface area contributed by atoms with Crippen molar-refractivity contribution >= 4 is 0 Å². The second-order valence-electron chi connectivity index (χ2n) is 44.7. The number of hydrogen-bond acceptors (Lipinski definition) is 18. The van der Waals surface area contributed by atoms with Crippen LogP contribution in [-0.4, -0.2) is 121 Å². The molecule has 0 aliphatic heterocycles. The molecule has 0 radical (unpaired) electrons. The highest BCUT2D eigenvalue weighted by molar-refractivity contribution is 4.83. The van der Waals surface area contributed by atoms with Crippen LogP contribution in [0, 0.1) is 0 Å². The Hall–Kier alpha value is -5.58. The van der Waals surface area contributed by atoms with Gasteiger partial charge in [-0.3, -0.25) is 0 Å². The van der Waals surface area contributed by atoms with Crippen molar-refractivity contribution < 1.29 is 0 Å². The summed E-state index contributed by atoms with van der Waals surface area (Å²) in [5, 5.41) is 69.0. The van der Waals surface area contributed by atoms with Crippen molar-refractivity contribution in [1.82, 2.24) is 121 Å². The second kappa shape index (κ2) is 106. The van der Waals surface area contributed by atoms with E-state index >= 15 is 0 Å². The van der Waals surface area contributed by atoms with E-state index in [0.29, 0.717) is 12.1 Å². The van der Waals surface area contributed by atoms with E-state index in [-0.39, 0.29) is 16.6 Å². The van der Waals surface area contributed by atoms with Crippen LogP contribution in [0.15, 0.2) is 38.0 Å². The van der Waals surface area contributed by atoms with Crippen LogP contribution < -0.4 is 0 Å². The molecule has 0 fully saturated rings. The van der Waals surface area contributed by atoms with E-state index in [4.69, 9.17) is 0 Å². The summed E-state index contributed by atoms with van der Waals surface area (Å²) >= 11 is 0. The Labute approximate surface area is 889 Å². The van der Waals surface area contributed by atoms with E-state index in [0.717, 1.165) is 38.6 Å². The molecule has 0 bridgehead atoms. The summed E-state index contributed by atoms with van der Waals surface area (Å²) in [5.41, 5.74) is 0.252. The second-order valence-corrected chi connectivity index (χ2v) is 44.7. The predicted molar refractivity (Wildman–Crippen MR) is 612 cm³/mol. The van der Waals surface area contributed by atoms with E-state index < -0.39 is 0 Å². The molecule has 0 aromatic carbocycles. The van der Waals surface area contributed by atoms with Crippen molar-refractivity contribution in [2.24, 2.45) is 0 Å². The first-order valence-corrected chi connectivity index (χ1v) is 63.2. The Morgan fingerprint density at radius 1 is 0.201 bits per heavy atom. The lowest BCUT2D eigenvalue weighted by Gasteiger charge is -2.31. The Morgan fingerprint density at radius 2 is 0.438 bits per heavy atom. The Balaban J connectivity index is 0.000000865. The predicted octanol–water partition coefficient (Wildman–Crippen LogP) is 38.2. The summed E-state index contributed by atoms with van der Waals surface area (Å²) in [6.07, 6.45) is 141. The summed E-state index contributed by atoms with van der Waals surface area (Å²) in [6, 6.07) is 0.916. The lowest BCUT2D eigenvalue weighted by Crippen LogP contribution is -2.33. The van der Waals surface area contributed by atoms with Gasteiger partial charge in [-0.05, 0) is 154 Å². The largest absolute Gasteiger partial charge is 0.233 e. The quantitative estimate of drug-likeness (QED) is 0.0321. The van der Waals surface area contributed by atoms with Crippen LogP contribution in [0.2, 0.25) is 0 Å². The van der Waals surface area contributed by atoms with E-state index in [9.17, 15) is 0 Å². The molecule has 3 unspecified atom stereocenters. The Kier molecular flexibility index (Phi) is 100. The minimum atomic E-state index is 0.0423. The molecule has 0 N–H and O–H groups in total. The molecular weight excluding hydrogens is 1780 g/mol. The van der Waals surface area contributed by atoms with E-state index in [1.807, 2.05) is 28.1 Å². The fourth-order valence-corrected chi connectivity index (χ4v) is 20.4. The van der Waals surface area contributed by atoms with Gasteiger partial charge in [-0.1, -0.05) is 609 Å². The molecule has 6 aromatic heterocycles. The van der Waals surface area contributed by atoms with Gasteiger partial charge < -0.3 is 0 Å². The third-order valence-electron chi connectivity index (χ3n) is 31.3. The number of aromatic nitrogens is 24. The molecule has 0 saturated carbocycles.